The maximum absolute atomic E-state index is 6.22. The van der Waals surface area contributed by atoms with Crippen molar-refractivity contribution in [3.8, 4) is 5.75 Å². The number of ether oxygens (including phenoxy) is 1. The maximum atomic E-state index is 6.22. The molecule has 3 aromatic carbocycles. The zero-order chi connectivity index (χ0) is 18.4. The van der Waals surface area contributed by atoms with Gasteiger partial charge in [-0.3, -0.25) is 0 Å². The second-order valence-electron chi connectivity index (χ2n) is 6.22. The highest BCUT2D eigenvalue weighted by Gasteiger charge is 2.06. The third kappa shape index (κ3) is 6.54. The van der Waals surface area contributed by atoms with Crippen molar-refractivity contribution in [2.75, 3.05) is 0 Å². The molecule has 0 aromatic heterocycles. The molecule has 0 aliphatic carbocycles. The standard InChI is InChI=1S/C22H21BrClNO.ClH/c1-16-6-8-17(9-7-16)15-26-22-11-10-20(23)12-19(22)14-25-13-18-4-2-3-5-21(18)24;/h2-12,25H,13-15H2,1H3;1H. The predicted octanol–water partition coefficient (Wildman–Crippen LogP) is 6.70. The Hall–Kier alpha value is -1.52. The first-order valence-electron chi connectivity index (χ1n) is 8.53. The zero-order valence-corrected chi connectivity index (χ0v) is 18.2. The van der Waals surface area contributed by atoms with Gasteiger partial charge in [0.1, 0.15) is 12.4 Å². The van der Waals surface area contributed by atoms with Crippen LogP contribution in [0.25, 0.3) is 0 Å². The zero-order valence-electron chi connectivity index (χ0n) is 15.0. The minimum atomic E-state index is 0. The van der Waals surface area contributed by atoms with Crippen molar-refractivity contribution >= 4 is 39.9 Å². The lowest BCUT2D eigenvalue weighted by Gasteiger charge is -2.13. The highest BCUT2D eigenvalue weighted by molar-refractivity contribution is 9.10. The molecule has 0 bridgehead atoms. The van der Waals surface area contributed by atoms with Gasteiger partial charge in [-0.05, 0) is 42.3 Å². The van der Waals surface area contributed by atoms with Crippen LogP contribution in [0.1, 0.15) is 22.3 Å². The van der Waals surface area contributed by atoms with Gasteiger partial charge in [-0.15, -0.1) is 12.4 Å². The first kappa shape index (κ1) is 21.8. The van der Waals surface area contributed by atoms with E-state index < -0.39 is 0 Å². The van der Waals surface area contributed by atoms with Gasteiger partial charge in [0.05, 0.1) is 0 Å². The van der Waals surface area contributed by atoms with Crippen LogP contribution >= 0.6 is 39.9 Å². The van der Waals surface area contributed by atoms with Crippen molar-refractivity contribution in [3.05, 3.63) is 98.5 Å². The van der Waals surface area contributed by atoms with Crippen LogP contribution < -0.4 is 10.1 Å². The highest BCUT2D eigenvalue weighted by atomic mass is 79.9. The molecule has 2 nitrogen and oxygen atoms in total. The summed E-state index contributed by atoms with van der Waals surface area (Å²) in [6, 6.07) is 22.4. The Morgan fingerprint density at radius 1 is 0.926 bits per heavy atom. The number of aryl methyl sites for hydroxylation is 1. The van der Waals surface area contributed by atoms with Crippen LogP contribution in [-0.4, -0.2) is 0 Å². The topological polar surface area (TPSA) is 21.3 Å². The van der Waals surface area contributed by atoms with Gasteiger partial charge in [-0.1, -0.05) is 75.6 Å². The van der Waals surface area contributed by atoms with Gasteiger partial charge >= 0.3 is 0 Å². The number of rotatable bonds is 7. The Morgan fingerprint density at radius 3 is 2.37 bits per heavy atom. The number of benzene rings is 3. The molecule has 0 fully saturated rings. The number of hydrogen-bond acceptors (Lipinski definition) is 2. The van der Waals surface area contributed by atoms with E-state index in [0.717, 1.165) is 31.9 Å². The van der Waals surface area contributed by atoms with E-state index >= 15 is 0 Å². The molecule has 3 rings (SSSR count). The lowest BCUT2D eigenvalue weighted by Crippen LogP contribution is -2.14. The van der Waals surface area contributed by atoms with E-state index in [1.165, 1.54) is 5.56 Å². The minimum absolute atomic E-state index is 0. The second-order valence-corrected chi connectivity index (χ2v) is 7.54. The van der Waals surface area contributed by atoms with E-state index in [1.54, 1.807) is 0 Å². The predicted molar refractivity (Wildman–Crippen MR) is 119 cm³/mol. The Kier molecular flexibility index (Phi) is 8.65. The minimum Gasteiger partial charge on any atom is -0.489 e. The van der Waals surface area contributed by atoms with Gasteiger partial charge in [-0.25, -0.2) is 0 Å². The smallest absolute Gasteiger partial charge is 0.124 e. The Balaban J connectivity index is 0.00000261. The quantitative estimate of drug-likeness (QED) is 0.418. The van der Waals surface area contributed by atoms with Crippen molar-refractivity contribution in [1.29, 1.82) is 0 Å². The molecule has 5 heteroatoms. The molecule has 0 aliphatic rings. The first-order valence-corrected chi connectivity index (χ1v) is 9.70. The van der Waals surface area contributed by atoms with Crippen molar-refractivity contribution < 1.29 is 4.74 Å². The van der Waals surface area contributed by atoms with Gasteiger partial charge in [0, 0.05) is 28.1 Å². The fraction of sp³-hybridized carbons (Fsp3) is 0.182. The van der Waals surface area contributed by atoms with Crippen molar-refractivity contribution in [2.24, 2.45) is 0 Å². The summed E-state index contributed by atoms with van der Waals surface area (Å²) in [5, 5.41) is 4.23. The second kappa shape index (κ2) is 10.7. The summed E-state index contributed by atoms with van der Waals surface area (Å²) in [5.74, 6) is 0.889. The molecule has 0 heterocycles. The fourth-order valence-electron chi connectivity index (χ4n) is 2.65. The van der Waals surface area contributed by atoms with E-state index in [9.17, 15) is 0 Å². The van der Waals surface area contributed by atoms with Gasteiger partial charge in [0.15, 0.2) is 0 Å². The molecule has 0 unspecified atom stereocenters. The molecule has 1 N–H and O–H groups in total. The normalized spacial score (nSPS) is 10.3. The summed E-state index contributed by atoms with van der Waals surface area (Å²) in [6.45, 7) is 4.05. The molecule has 0 spiro atoms. The molecule has 0 atom stereocenters. The summed E-state index contributed by atoms with van der Waals surface area (Å²) in [7, 11) is 0. The SMILES string of the molecule is Cc1ccc(COc2ccc(Br)cc2CNCc2ccccc2Cl)cc1.Cl. The Labute approximate surface area is 180 Å². The number of halogens is 3. The van der Waals surface area contributed by atoms with Crippen LogP contribution in [-0.2, 0) is 19.7 Å². The van der Waals surface area contributed by atoms with Crippen LogP contribution in [0.3, 0.4) is 0 Å². The van der Waals surface area contributed by atoms with Crippen LogP contribution in [0.5, 0.6) is 5.75 Å². The highest BCUT2D eigenvalue weighted by Crippen LogP contribution is 2.24. The van der Waals surface area contributed by atoms with Crippen molar-refractivity contribution in [3.63, 3.8) is 0 Å². The molecule has 142 valence electrons. The summed E-state index contributed by atoms with van der Waals surface area (Å²) >= 11 is 9.76. The number of nitrogens with one attached hydrogen (secondary N) is 1. The summed E-state index contributed by atoms with van der Waals surface area (Å²) in [4.78, 5) is 0. The van der Waals surface area contributed by atoms with Crippen LogP contribution in [0, 0.1) is 6.92 Å². The average Bonchev–Trinajstić information content (AvgIpc) is 2.64. The third-order valence-electron chi connectivity index (χ3n) is 4.13. The van der Waals surface area contributed by atoms with Crippen molar-refractivity contribution in [1.82, 2.24) is 5.32 Å². The summed E-state index contributed by atoms with van der Waals surface area (Å²) < 4.78 is 7.09. The molecular formula is C22H22BrCl2NO. The lowest BCUT2D eigenvalue weighted by atomic mass is 10.1. The molecule has 0 amide bonds. The Morgan fingerprint density at radius 2 is 1.63 bits per heavy atom. The van der Waals surface area contributed by atoms with E-state index in [2.05, 4.69) is 58.5 Å². The summed E-state index contributed by atoms with van der Waals surface area (Å²) in [6.07, 6.45) is 0. The van der Waals surface area contributed by atoms with Crippen molar-refractivity contribution in [2.45, 2.75) is 26.6 Å². The third-order valence-corrected chi connectivity index (χ3v) is 4.99. The lowest BCUT2D eigenvalue weighted by molar-refractivity contribution is 0.302. The van der Waals surface area contributed by atoms with Crippen LogP contribution in [0.15, 0.2) is 71.2 Å². The van der Waals surface area contributed by atoms with E-state index in [4.69, 9.17) is 16.3 Å². The maximum Gasteiger partial charge on any atom is 0.124 e. The summed E-state index contributed by atoms with van der Waals surface area (Å²) in [5.41, 5.74) is 4.61. The van der Waals surface area contributed by atoms with Crippen LogP contribution in [0.4, 0.5) is 0 Å². The molecule has 0 saturated heterocycles. The van der Waals surface area contributed by atoms with Gasteiger partial charge in [-0.2, -0.15) is 0 Å². The molecule has 0 aliphatic heterocycles. The molecule has 0 saturated carbocycles. The molecular weight excluding hydrogens is 445 g/mol. The largest absolute Gasteiger partial charge is 0.489 e. The monoisotopic (exact) mass is 465 g/mol. The van der Waals surface area contributed by atoms with E-state index in [-0.39, 0.29) is 12.4 Å². The molecule has 27 heavy (non-hydrogen) atoms. The fourth-order valence-corrected chi connectivity index (χ4v) is 3.26. The molecule has 0 radical (unpaired) electrons. The number of hydrogen-bond donors (Lipinski definition) is 1. The van der Waals surface area contributed by atoms with Gasteiger partial charge < -0.3 is 10.1 Å². The first-order chi connectivity index (χ1) is 12.6. The van der Waals surface area contributed by atoms with E-state index in [0.29, 0.717) is 19.7 Å². The average molecular weight is 467 g/mol. The van der Waals surface area contributed by atoms with Gasteiger partial charge in [0.25, 0.3) is 0 Å². The van der Waals surface area contributed by atoms with Crippen LogP contribution in [0.2, 0.25) is 5.02 Å². The Bertz CT molecular complexity index is 868. The molecule has 3 aromatic rings. The van der Waals surface area contributed by atoms with E-state index in [1.807, 2.05) is 36.4 Å². The van der Waals surface area contributed by atoms with Gasteiger partial charge in [0.2, 0.25) is 0 Å².